The van der Waals surface area contributed by atoms with Crippen LogP contribution in [0.15, 0.2) is 54.7 Å². The smallest absolute Gasteiger partial charge is 0.274 e. The van der Waals surface area contributed by atoms with E-state index in [-0.39, 0.29) is 23.9 Å². The van der Waals surface area contributed by atoms with Crippen LogP contribution in [0.2, 0.25) is 0 Å². The molecule has 7 nitrogen and oxygen atoms in total. The van der Waals surface area contributed by atoms with Gasteiger partial charge in [-0.1, -0.05) is 18.2 Å². The van der Waals surface area contributed by atoms with Gasteiger partial charge < -0.3 is 14.7 Å². The van der Waals surface area contributed by atoms with Crippen molar-refractivity contribution >= 4 is 17.3 Å². The fourth-order valence-corrected chi connectivity index (χ4v) is 4.64. The third-order valence-electron chi connectivity index (χ3n) is 6.05. The Morgan fingerprint density at radius 2 is 1.70 bits per heavy atom. The predicted octanol–water partition coefficient (Wildman–Crippen LogP) is 2.13. The lowest BCUT2D eigenvalue weighted by atomic mass is 10.1. The van der Waals surface area contributed by atoms with Gasteiger partial charge >= 0.3 is 0 Å². The van der Waals surface area contributed by atoms with Gasteiger partial charge in [0.15, 0.2) is 5.69 Å². The molecule has 0 saturated carbocycles. The average Bonchev–Trinajstić information content (AvgIpc) is 3.46. The Hall–Kier alpha value is -3.19. The molecule has 0 aliphatic carbocycles. The lowest BCUT2D eigenvalue weighted by Crippen LogP contribution is -2.50. The van der Waals surface area contributed by atoms with Gasteiger partial charge in [0.05, 0.1) is 17.6 Å². The number of benzene rings is 1. The Morgan fingerprint density at radius 3 is 2.33 bits per heavy atom. The summed E-state index contributed by atoms with van der Waals surface area (Å²) in [6, 6.07) is 15.6. The van der Waals surface area contributed by atoms with Crippen molar-refractivity contribution in [3.05, 3.63) is 71.5 Å². The van der Waals surface area contributed by atoms with Gasteiger partial charge in [0.25, 0.3) is 11.8 Å². The van der Waals surface area contributed by atoms with Crippen LogP contribution in [0.25, 0.3) is 5.52 Å². The second kappa shape index (κ2) is 7.25. The molecule has 7 heteroatoms. The van der Waals surface area contributed by atoms with Gasteiger partial charge in [0.2, 0.25) is 0 Å². The van der Waals surface area contributed by atoms with Gasteiger partial charge in [-0.05, 0) is 56.4 Å². The summed E-state index contributed by atoms with van der Waals surface area (Å²) in [5, 5.41) is 4.41. The molecule has 4 heterocycles. The number of hydrogen-bond donors (Lipinski definition) is 0. The zero-order valence-corrected chi connectivity index (χ0v) is 17.2. The maximum atomic E-state index is 13.0. The molecule has 2 atom stereocenters. The first kappa shape index (κ1) is 18.8. The molecule has 2 aliphatic rings. The van der Waals surface area contributed by atoms with Gasteiger partial charge in [-0.2, -0.15) is 5.10 Å². The quantitative estimate of drug-likeness (QED) is 0.670. The fourth-order valence-electron chi connectivity index (χ4n) is 4.64. The highest BCUT2D eigenvalue weighted by molar-refractivity contribution is 5.96. The minimum absolute atomic E-state index is 0.0497. The molecule has 0 radical (unpaired) electrons. The number of nitrogens with zero attached hydrogens (tertiary/aromatic N) is 5. The molecule has 3 aromatic rings. The van der Waals surface area contributed by atoms with Crippen LogP contribution in [0.4, 0.5) is 0 Å². The highest BCUT2D eigenvalue weighted by Gasteiger charge is 2.47. The molecule has 2 aliphatic heterocycles. The number of piperazine rings is 1. The second-order valence-electron chi connectivity index (χ2n) is 8.49. The third-order valence-corrected chi connectivity index (χ3v) is 6.05. The van der Waals surface area contributed by atoms with Crippen LogP contribution in [-0.2, 0) is 6.54 Å². The number of likely N-dealkylation sites (tertiary alicyclic amines) is 2. The fraction of sp³-hybridized carbons (Fsp3) is 0.348. The highest BCUT2D eigenvalue weighted by atomic mass is 16.2. The van der Waals surface area contributed by atoms with E-state index in [1.54, 1.807) is 4.52 Å². The summed E-state index contributed by atoms with van der Waals surface area (Å²) >= 11 is 0. The molecule has 0 unspecified atom stereocenters. The van der Waals surface area contributed by atoms with Crippen molar-refractivity contribution in [1.29, 1.82) is 0 Å². The maximum absolute atomic E-state index is 13.0. The molecule has 0 spiro atoms. The van der Waals surface area contributed by atoms with Gasteiger partial charge in [-0.15, -0.1) is 0 Å². The standard InChI is InChI=1S/C23H25N5O2/c1-25(2)13-16-6-8-17(9-7-16)22(29)26-14-20-11-19(26)15-27(20)23(30)21-12-18-5-3-4-10-28(18)24-21/h3-10,12,19-20H,11,13-15H2,1-2H3/t19-,20-/m0/s1. The number of carbonyl (C=O) groups is 2. The van der Waals surface area contributed by atoms with E-state index in [4.69, 9.17) is 0 Å². The Bertz CT molecular complexity index is 1070. The number of fused-ring (bicyclic) bond motifs is 3. The van der Waals surface area contributed by atoms with E-state index in [0.717, 1.165) is 18.5 Å². The van der Waals surface area contributed by atoms with Crippen LogP contribution in [0, 0.1) is 0 Å². The number of carbonyl (C=O) groups excluding carboxylic acids is 2. The molecular formula is C23H25N5O2. The average molecular weight is 403 g/mol. The predicted molar refractivity (Wildman–Crippen MR) is 113 cm³/mol. The number of hydrogen-bond acceptors (Lipinski definition) is 4. The largest absolute Gasteiger partial charge is 0.332 e. The zero-order chi connectivity index (χ0) is 20.8. The summed E-state index contributed by atoms with van der Waals surface area (Å²) < 4.78 is 1.72. The summed E-state index contributed by atoms with van der Waals surface area (Å²) in [4.78, 5) is 32.0. The number of aromatic nitrogens is 2. The third kappa shape index (κ3) is 3.25. The van der Waals surface area contributed by atoms with Gasteiger partial charge in [-0.3, -0.25) is 9.59 Å². The van der Waals surface area contributed by atoms with Gasteiger partial charge in [-0.25, -0.2) is 4.52 Å². The van der Waals surface area contributed by atoms with Crippen molar-refractivity contribution in [1.82, 2.24) is 24.3 Å². The molecule has 2 amide bonds. The first-order chi connectivity index (χ1) is 14.5. The van der Waals surface area contributed by atoms with Gasteiger partial charge in [0.1, 0.15) is 0 Å². The lowest BCUT2D eigenvalue weighted by molar-refractivity contribution is 0.0523. The molecule has 2 bridgehead atoms. The first-order valence-electron chi connectivity index (χ1n) is 10.3. The van der Waals surface area contributed by atoms with E-state index in [2.05, 4.69) is 10.00 Å². The molecule has 2 fully saturated rings. The van der Waals surface area contributed by atoms with E-state index in [9.17, 15) is 9.59 Å². The summed E-state index contributed by atoms with van der Waals surface area (Å²) in [6.45, 7) is 2.01. The minimum atomic E-state index is -0.0497. The Balaban J connectivity index is 1.27. The molecule has 30 heavy (non-hydrogen) atoms. The highest BCUT2D eigenvalue weighted by Crippen LogP contribution is 2.33. The van der Waals surface area contributed by atoms with E-state index < -0.39 is 0 Å². The number of amides is 2. The molecule has 2 aromatic heterocycles. The minimum Gasteiger partial charge on any atom is -0.332 e. The first-order valence-corrected chi connectivity index (χ1v) is 10.3. The topological polar surface area (TPSA) is 61.2 Å². The lowest BCUT2D eigenvalue weighted by Gasteiger charge is -2.34. The van der Waals surface area contributed by atoms with Crippen LogP contribution < -0.4 is 0 Å². The maximum Gasteiger partial charge on any atom is 0.274 e. The van der Waals surface area contributed by atoms with E-state index in [1.807, 2.05) is 78.6 Å². The molecule has 154 valence electrons. The number of rotatable bonds is 4. The van der Waals surface area contributed by atoms with Crippen LogP contribution in [-0.4, -0.2) is 75.4 Å². The molecular weight excluding hydrogens is 378 g/mol. The van der Waals surface area contributed by atoms with E-state index in [0.29, 0.717) is 24.3 Å². The van der Waals surface area contributed by atoms with Crippen LogP contribution in [0.1, 0.15) is 32.8 Å². The van der Waals surface area contributed by atoms with Crippen molar-refractivity contribution in [2.45, 2.75) is 25.0 Å². The Morgan fingerprint density at radius 1 is 1.00 bits per heavy atom. The van der Waals surface area contributed by atoms with E-state index >= 15 is 0 Å². The van der Waals surface area contributed by atoms with Crippen LogP contribution in [0.5, 0.6) is 0 Å². The summed E-state index contributed by atoms with van der Waals surface area (Å²) in [6.07, 6.45) is 2.68. The van der Waals surface area contributed by atoms with E-state index in [1.165, 1.54) is 5.56 Å². The summed E-state index contributed by atoms with van der Waals surface area (Å²) in [5.41, 5.74) is 3.26. The summed E-state index contributed by atoms with van der Waals surface area (Å²) in [5.74, 6) is 0.00469. The van der Waals surface area contributed by atoms with Crippen molar-refractivity contribution in [3.8, 4) is 0 Å². The van der Waals surface area contributed by atoms with Crippen molar-refractivity contribution < 1.29 is 9.59 Å². The van der Waals surface area contributed by atoms with Crippen molar-refractivity contribution in [2.24, 2.45) is 0 Å². The van der Waals surface area contributed by atoms with Crippen LogP contribution in [0.3, 0.4) is 0 Å². The molecule has 1 aromatic carbocycles. The van der Waals surface area contributed by atoms with Gasteiger partial charge in [0, 0.05) is 31.4 Å². The SMILES string of the molecule is CN(C)Cc1ccc(C(=O)N2C[C@@H]3C[C@H]2CN3C(=O)c2cc3ccccn3n2)cc1. The monoisotopic (exact) mass is 403 g/mol. The zero-order valence-electron chi connectivity index (χ0n) is 17.2. The summed E-state index contributed by atoms with van der Waals surface area (Å²) in [7, 11) is 4.05. The molecule has 5 rings (SSSR count). The van der Waals surface area contributed by atoms with Crippen LogP contribution >= 0.6 is 0 Å². The molecule has 2 saturated heterocycles. The molecule has 0 N–H and O–H groups in total. The normalized spacial score (nSPS) is 20.5. The number of pyridine rings is 1. The second-order valence-corrected chi connectivity index (χ2v) is 8.49. The van der Waals surface area contributed by atoms with Crippen molar-refractivity contribution in [3.63, 3.8) is 0 Å². The Labute approximate surface area is 175 Å². The van der Waals surface area contributed by atoms with Crippen molar-refractivity contribution in [2.75, 3.05) is 27.2 Å². The Kier molecular flexibility index (Phi) is 4.55.